The molecule has 0 atom stereocenters. The summed E-state index contributed by atoms with van der Waals surface area (Å²) >= 11 is 2.90. The Morgan fingerprint density at radius 1 is 1.30 bits per heavy atom. The molecule has 1 amide bonds. The number of hydrogen-bond acceptors (Lipinski definition) is 5. The molecule has 5 nitrogen and oxygen atoms in total. The highest BCUT2D eigenvalue weighted by Gasteiger charge is 2.15. The topological polar surface area (TPSA) is 66.1 Å². The number of thiophene rings is 1. The highest BCUT2D eigenvalue weighted by molar-refractivity contribution is 7.99. The number of carbonyl (C=O) groups excluding carboxylic acids is 1. The monoisotopic (exact) mass is 405 g/mol. The quantitative estimate of drug-likeness (QED) is 0.672. The van der Waals surface area contributed by atoms with Gasteiger partial charge < -0.3 is 9.88 Å². The Kier molecular flexibility index (Phi) is 5.96. The third kappa shape index (κ3) is 4.22. The van der Waals surface area contributed by atoms with Crippen LogP contribution in [0.4, 0.5) is 10.1 Å². The van der Waals surface area contributed by atoms with Crippen LogP contribution in [0.25, 0.3) is 10.2 Å². The zero-order valence-electron chi connectivity index (χ0n) is 15.3. The van der Waals surface area contributed by atoms with E-state index in [4.69, 9.17) is 0 Å². The number of H-pyrrole nitrogens is 1. The molecule has 142 valence electrons. The second kappa shape index (κ2) is 8.22. The molecule has 0 spiro atoms. The van der Waals surface area contributed by atoms with Gasteiger partial charge in [0.25, 0.3) is 5.56 Å². The van der Waals surface area contributed by atoms with Crippen LogP contribution >= 0.6 is 23.1 Å². The zero-order valence-corrected chi connectivity index (χ0v) is 17.0. The summed E-state index contributed by atoms with van der Waals surface area (Å²) < 4.78 is 13.1. The number of anilines is 1. The molecule has 2 heterocycles. The first-order chi connectivity index (χ1) is 12.9. The number of amides is 1. The number of thioether (sulfide) groups is 1. The molecule has 3 aromatic rings. The van der Waals surface area contributed by atoms with E-state index in [0.717, 1.165) is 15.3 Å². The van der Waals surface area contributed by atoms with Crippen LogP contribution in [0.5, 0.6) is 0 Å². The van der Waals surface area contributed by atoms with Crippen LogP contribution in [0.1, 0.15) is 23.2 Å². The predicted octanol–water partition coefficient (Wildman–Crippen LogP) is 4.03. The Morgan fingerprint density at radius 2 is 2.00 bits per heavy atom. The predicted molar refractivity (Wildman–Crippen MR) is 110 cm³/mol. The van der Waals surface area contributed by atoms with Crippen molar-refractivity contribution in [1.82, 2.24) is 9.97 Å². The Morgan fingerprint density at radius 3 is 2.67 bits per heavy atom. The second-order valence-corrected chi connectivity index (χ2v) is 8.27. The minimum atomic E-state index is -0.332. The molecule has 1 N–H and O–H groups in total. The van der Waals surface area contributed by atoms with Gasteiger partial charge in [-0.1, -0.05) is 0 Å². The van der Waals surface area contributed by atoms with E-state index < -0.39 is 0 Å². The third-order valence-corrected chi connectivity index (χ3v) is 6.34. The van der Waals surface area contributed by atoms with E-state index in [1.54, 1.807) is 17.0 Å². The number of carbonyl (C=O) groups is 1. The minimum Gasteiger partial charge on any atom is -0.312 e. The van der Waals surface area contributed by atoms with E-state index in [1.807, 2.05) is 20.8 Å². The van der Waals surface area contributed by atoms with Crippen molar-refractivity contribution < 1.29 is 9.18 Å². The van der Waals surface area contributed by atoms with Gasteiger partial charge in [-0.05, 0) is 50.6 Å². The maximum absolute atomic E-state index is 13.1. The summed E-state index contributed by atoms with van der Waals surface area (Å²) in [5, 5.41) is 0.649. The molecule has 2 aromatic heterocycles. The fourth-order valence-corrected chi connectivity index (χ4v) is 4.62. The molecule has 0 aliphatic heterocycles. The first-order valence-electron chi connectivity index (χ1n) is 8.53. The average Bonchev–Trinajstić information content (AvgIpc) is 2.91. The van der Waals surface area contributed by atoms with Crippen molar-refractivity contribution in [3.8, 4) is 0 Å². The number of rotatable bonds is 6. The van der Waals surface area contributed by atoms with Crippen LogP contribution in [0.3, 0.4) is 0 Å². The second-order valence-electron chi connectivity index (χ2n) is 6.08. The van der Waals surface area contributed by atoms with E-state index in [1.165, 1.54) is 35.2 Å². The van der Waals surface area contributed by atoms with Gasteiger partial charge in [-0.2, -0.15) is 0 Å². The number of halogens is 1. The van der Waals surface area contributed by atoms with Crippen molar-refractivity contribution in [3.05, 3.63) is 56.7 Å². The number of nitrogens with zero attached hydrogens (tertiary/aromatic N) is 2. The van der Waals surface area contributed by atoms with Crippen molar-refractivity contribution in [3.63, 3.8) is 0 Å². The molecule has 0 aliphatic carbocycles. The molecule has 0 aliphatic rings. The summed E-state index contributed by atoms with van der Waals surface area (Å²) in [6.07, 6.45) is 0. The highest BCUT2D eigenvalue weighted by atomic mass is 32.2. The van der Waals surface area contributed by atoms with Crippen molar-refractivity contribution >= 4 is 44.9 Å². The minimum absolute atomic E-state index is 0.0691. The van der Waals surface area contributed by atoms with Gasteiger partial charge in [0.15, 0.2) is 0 Å². The number of aryl methyl sites for hydroxylation is 2. The summed E-state index contributed by atoms with van der Waals surface area (Å²) in [5.74, 6) is 0.849. The van der Waals surface area contributed by atoms with Crippen molar-refractivity contribution in [2.45, 2.75) is 26.5 Å². The third-order valence-electron chi connectivity index (χ3n) is 4.31. The molecule has 8 heteroatoms. The summed E-state index contributed by atoms with van der Waals surface area (Å²) in [5.41, 5.74) is 1.50. The molecule has 3 rings (SSSR count). The largest absolute Gasteiger partial charge is 0.312 e. The van der Waals surface area contributed by atoms with Crippen molar-refractivity contribution in [1.29, 1.82) is 0 Å². The fourth-order valence-electron chi connectivity index (χ4n) is 2.80. The fraction of sp³-hybridized carbons (Fsp3) is 0.316. The molecule has 0 saturated heterocycles. The number of aromatic amines is 1. The Hall–Kier alpha value is -2.19. The average molecular weight is 406 g/mol. The van der Waals surface area contributed by atoms with Gasteiger partial charge in [-0.15, -0.1) is 23.1 Å². The number of nitrogens with one attached hydrogen (secondary N) is 1. The van der Waals surface area contributed by atoms with Gasteiger partial charge in [0.05, 0.1) is 16.9 Å². The maximum atomic E-state index is 13.1. The molecule has 0 radical (unpaired) electrons. The van der Waals surface area contributed by atoms with Crippen molar-refractivity contribution in [2.75, 3.05) is 17.2 Å². The van der Waals surface area contributed by atoms with E-state index in [9.17, 15) is 14.0 Å². The molecule has 1 aromatic carbocycles. The lowest BCUT2D eigenvalue weighted by atomic mass is 10.2. The highest BCUT2D eigenvalue weighted by Crippen LogP contribution is 2.26. The van der Waals surface area contributed by atoms with E-state index >= 15 is 0 Å². The van der Waals surface area contributed by atoms with Gasteiger partial charge in [0, 0.05) is 17.1 Å². The Labute approximate surface area is 164 Å². The molecule has 0 unspecified atom stereocenters. The van der Waals surface area contributed by atoms with Crippen LogP contribution in [0.2, 0.25) is 0 Å². The molecule has 0 bridgehead atoms. The summed E-state index contributed by atoms with van der Waals surface area (Å²) in [6.45, 7) is 6.27. The number of hydrogen-bond donors (Lipinski definition) is 1. The van der Waals surface area contributed by atoms with Crippen LogP contribution in [0, 0.1) is 19.7 Å². The van der Waals surface area contributed by atoms with E-state index in [0.29, 0.717) is 29.2 Å². The zero-order chi connectivity index (χ0) is 19.6. The van der Waals surface area contributed by atoms with Crippen LogP contribution in [-0.4, -0.2) is 28.2 Å². The van der Waals surface area contributed by atoms with Crippen molar-refractivity contribution in [2.24, 2.45) is 0 Å². The standard InChI is InChI=1S/C19H20FN3O2S2/c1-4-23(14-7-5-13(20)6-8-14)16(24)10-26-9-15-21-18(25)17-11(2)12(3)27-19(17)22-15/h5-8H,4,9-10H2,1-3H3,(H,21,22,25). The maximum Gasteiger partial charge on any atom is 0.259 e. The van der Waals surface area contributed by atoms with Gasteiger partial charge in [0.1, 0.15) is 16.5 Å². The summed E-state index contributed by atoms with van der Waals surface area (Å²) in [6, 6.07) is 5.87. The SMILES string of the molecule is CCN(C(=O)CSCc1nc2sc(C)c(C)c2c(=O)[nH]1)c1ccc(F)cc1. The summed E-state index contributed by atoms with van der Waals surface area (Å²) in [7, 11) is 0. The molecular formula is C19H20FN3O2S2. The lowest BCUT2D eigenvalue weighted by Crippen LogP contribution is -2.32. The normalized spacial score (nSPS) is 11.1. The number of fused-ring (bicyclic) bond motifs is 1. The first kappa shape index (κ1) is 19.6. The molecular weight excluding hydrogens is 385 g/mol. The van der Waals surface area contributed by atoms with Crippen LogP contribution in [0.15, 0.2) is 29.1 Å². The van der Waals surface area contributed by atoms with Gasteiger partial charge in [-0.3, -0.25) is 9.59 Å². The lowest BCUT2D eigenvalue weighted by Gasteiger charge is -2.20. The lowest BCUT2D eigenvalue weighted by molar-refractivity contribution is -0.116. The Balaban J connectivity index is 1.66. The van der Waals surface area contributed by atoms with Crippen LogP contribution in [-0.2, 0) is 10.5 Å². The van der Waals surface area contributed by atoms with Crippen LogP contribution < -0.4 is 10.5 Å². The van der Waals surface area contributed by atoms with Gasteiger partial charge in [-0.25, -0.2) is 9.37 Å². The molecule has 0 fully saturated rings. The van der Waals surface area contributed by atoms with Gasteiger partial charge >= 0.3 is 0 Å². The number of benzene rings is 1. The summed E-state index contributed by atoms with van der Waals surface area (Å²) in [4.78, 5) is 35.6. The smallest absolute Gasteiger partial charge is 0.259 e. The number of aromatic nitrogens is 2. The molecule has 0 saturated carbocycles. The van der Waals surface area contributed by atoms with E-state index in [2.05, 4.69) is 9.97 Å². The first-order valence-corrected chi connectivity index (χ1v) is 10.5. The Bertz CT molecular complexity index is 1030. The van der Waals surface area contributed by atoms with E-state index in [-0.39, 0.29) is 23.0 Å². The molecule has 27 heavy (non-hydrogen) atoms. The van der Waals surface area contributed by atoms with Gasteiger partial charge in [0.2, 0.25) is 5.91 Å².